The van der Waals surface area contributed by atoms with Gasteiger partial charge in [-0.15, -0.1) is 0 Å². The summed E-state index contributed by atoms with van der Waals surface area (Å²) in [6, 6.07) is 8.17. The first-order valence-electron chi connectivity index (χ1n) is 8.15. The Morgan fingerprint density at radius 3 is 2.67 bits per heavy atom. The van der Waals surface area contributed by atoms with Gasteiger partial charge in [-0.2, -0.15) is 0 Å². The third-order valence-corrected chi connectivity index (χ3v) is 4.91. The molecular weight excluding hydrogens is 263 g/mol. The van der Waals surface area contributed by atoms with Gasteiger partial charge >= 0.3 is 0 Å². The lowest BCUT2D eigenvalue weighted by Gasteiger charge is -2.46. The molecule has 2 nitrogen and oxygen atoms in total. The van der Waals surface area contributed by atoms with Crippen molar-refractivity contribution < 1.29 is 4.39 Å². The van der Waals surface area contributed by atoms with Gasteiger partial charge in [-0.25, -0.2) is 4.39 Å². The lowest BCUT2D eigenvalue weighted by molar-refractivity contribution is 0.0449. The first-order chi connectivity index (χ1) is 9.93. The maximum Gasteiger partial charge on any atom is 0.123 e. The number of hydrogen-bond donors (Lipinski definition) is 1. The average Bonchev–Trinajstić information content (AvgIpc) is 3.21. The monoisotopic (exact) mass is 290 g/mol. The molecule has 3 heteroatoms. The lowest BCUT2D eigenvalue weighted by atomic mass is 9.83. The number of nitrogens with zero attached hydrogens (tertiary/aromatic N) is 1. The highest BCUT2D eigenvalue weighted by Gasteiger charge is 2.40. The summed E-state index contributed by atoms with van der Waals surface area (Å²) in [4.78, 5) is 2.56. The van der Waals surface area contributed by atoms with Crippen molar-refractivity contribution in [2.24, 2.45) is 11.3 Å². The fourth-order valence-corrected chi connectivity index (χ4v) is 3.55. The van der Waals surface area contributed by atoms with Crippen molar-refractivity contribution in [1.29, 1.82) is 0 Å². The molecule has 1 aromatic rings. The van der Waals surface area contributed by atoms with Crippen molar-refractivity contribution in [2.45, 2.75) is 52.2 Å². The maximum atomic E-state index is 13.4. The van der Waals surface area contributed by atoms with Crippen LogP contribution in [0, 0.1) is 17.2 Å². The Morgan fingerprint density at radius 2 is 2.05 bits per heavy atom. The molecule has 21 heavy (non-hydrogen) atoms. The second-order valence-electron chi connectivity index (χ2n) is 7.79. The van der Waals surface area contributed by atoms with E-state index in [1.54, 1.807) is 6.07 Å². The minimum atomic E-state index is -0.131. The fraction of sp³-hybridized carbons (Fsp3) is 0.667. The molecule has 1 N–H and O–H groups in total. The van der Waals surface area contributed by atoms with Crippen molar-refractivity contribution in [2.75, 3.05) is 13.1 Å². The van der Waals surface area contributed by atoms with Crippen LogP contribution in [0.3, 0.4) is 0 Å². The van der Waals surface area contributed by atoms with Crippen LogP contribution in [0.5, 0.6) is 0 Å². The average molecular weight is 290 g/mol. The molecule has 2 aliphatic rings. The van der Waals surface area contributed by atoms with Gasteiger partial charge in [0.2, 0.25) is 0 Å². The Kier molecular flexibility index (Phi) is 4.06. The van der Waals surface area contributed by atoms with E-state index in [0.717, 1.165) is 31.1 Å². The largest absolute Gasteiger partial charge is 0.311 e. The van der Waals surface area contributed by atoms with Crippen LogP contribution in [0.15, 0.2) is 24.3 Å². The number of piperazine rings is 1. The molecule has 0 aromatic heterocycles. The van der Waals surface area contributed by atoms with Crippen LogP contribution in [-0.4, -0.2) is 30.1 Å². The highest BCUT2D eigenvalue weighted by atomic mass is 19.1. The van der Waals surface area contributed by atoms with E-state index >= 15 is 0 Å². The summed E-state index contributed by atoms with van der Waals surface area (Å²) < 4.78 is 13.4. The van der Waals surface area contributed by atoms with Crippen molar-refractivity contribution in [3.05, 3.63) is 35.6 Å². The van der Waals surface area contributed by atoms with E-state index in [9.17, 15) is 4.39 Å². The molecule has 2 fully saturated rings. The molecule has 116 valence electrons. The molecule has 0 amide bonds. The minimum absolute atomic E-state index is 0.131. The zero-order valence-electron chi connectivity index (χ0n) is 13.4. The van der Waals surface area contributed by atoms with Gasteiger partial charge in [0.15, 0.2) is 0 Å². The van der Waals surface area contributed by atoms with Crippen LogP contribution in [0.1, 0.15) is 39.2 Å². The van der Waals surface area contributed by atoms with Crippen molar-refractivity contribution in [3.63, 3.8) is 0 Å². The van der Waals surface area contributed by atoms with Gasteiger partial charge in [0, 0.05) is 31.7 Å². The molecule has 2 unspecified atom stereocenters. The summed E-state index contributed by atoms with van der Waals surface area (Å²) in [5.41, 5.74) is 1.31. The smallest absolute Gasteiger partial charge is 0.123 e. The number of halogens is 1. The third kappa shape index (κ3) is 3.64. The maximum absolute atomic E-state index is 13.4. The van der Waals surface area contributed by atoms with E-state index in [1.807, 2.05) is 12.1 Å². The second-order valence-corrected chi connectivity index (χ2v) is 7.79. The molecule has 2 atom stereocenters. The van der Waals surface area contributed by atoms with Gasteiger partial charge < -0.3 is 5.32 Å². The number of hydrogen-bond acceptors (Lipinski definition) is 2. The lowest BCUT2D eigenvalue weighted by Crippen LogP contribution is -2.60. The molecule has 1 aromatic carbocycles. The van der Waals surface area contributed by atoms with Crippen LogP contribution in [0.2, 0.25) is 0 Å². The first-order valence-corrected chi connectivity index (χ1v) is 8.15. The van der Waals surface area contributed by atoms with Gasteiger partial charge in [-0.1, -0.05) is 32.9 Å². The van der Waals surface area contributed by atoms with E-state index in [-0.39, 0.29) is 11.2 Å². The fourth-order valence-electron chi connectivity index (χ4n) is 3.55. The Labute approximate surface area is 127 Å². The standard InChI is InChI=1S/C18H27FN2/c1-18(2,3)17-10-20-16(14-7-8-14)12-21(17)11-13-5-4-6-15(19)9-13/h4-6,9,14,16-17,20H,7-8,10-12H2,1-3H3. The SMILES string of the molecule is CC(C)(C)C1CNC(C2CC2)CN1Cc1cccc(F)c1. The van der Waals surface area contributed by atoms with Crippen LogP contribution in [0.4, 0.5) is 4.39 Å². The van der Waals surface area contributed by atoms with Crippen LogP contribution < -0.4 is 5.32 Å². The van der Waals surface area contributed by atoms with E-state index in [2.05, 4.69) is 31.0 Å². The zero-order chi connectivity index (χ0) is 15.0. The predicted octanol–water partition coefficient (Wildman–Crippen LogP) is 3.42. The highest BCUT2D eigenvalue weighted by Crippen LogP contribution is 2.36. The Morgan fingerprint density at radius 1 is 1.29 bits per heavy atom. The normalized spacial score (nSPS) is 27.8. The summed E-state index contributed by atoms with van der Waals surface area (Å²) in [6.07, 6.45) is 2.73. The topological polar surface area (TPSA) is 15.3 Å². The van der Waals surface area contributed by atoms with Gasteiger partial charge in [-0.05, 0) is 41.9 Å². The molecule has 1 aliphatic carbocycles. The molecule has 1 saturated carbocycles. The quantitative estimate of drug-likeness (QED) is 0.917. The third-order valence-electron chi connectivity index (χ3n) is 4.91. The first kappa shape index (κ1) is 15.0. The Balaban J connectivity index is 1.75. The van der Waals surface area contributed by atoms with E-state index in [1.165, 1.54) is 18.9 Å². The number of nitrogens with one attached hydrogen (secondary N) is 1. The van der Waals surface area contributed by atoms with Gasteiger partial charge in [0.05, 0.1) is 0 Å². The molecule has 1 heterocycles. The molecule has 0 radical (unpaired) electrons. The number of benzene rings is 1. The van der Waals surface area contributed by atoms with Gasteiger partial charge in [-0.3, -0.25) is 4.90 Å². The predicted molar refractivity (Wildman–Crippen MR) is 84.6 cm³/mol. The van der Waals surface area contributed by atoms with Gasteiger partial charge in [0.1, 0.15) is 5.82 Å². The van der Waals surface area contributed by atoms with Crippen LogP contribution >= 0.6 is 0 Å². The molecule has 0 spiro atoms. The molecule has 1 aliphatic heterocycles. The summed E-state index contributed by atoms with van der Waals surface area (Å²) in [5.74, 6) is 0.731. The molecule has 0 bridgehead atoms. The minimum Gasteiger partial charge on any atom is -0.311 e. The van der Waals surface area contributed by atoms with Crippen molar-refractivity contribution >= 4 is 0 Å². The van der Waals surface area contributed by atoms with Crippen molar-refractivity contribution in [3.8, 4) is 0 Å². The Bertz CT molecular complexity index is 490. The second kappa shape index (κ2) is 5.69. The van der Waals surface area contributed by atoms with Crippen LogP contribution in [-0.2, 0) is 6.54 Å². The summed E-state index contributed by atoms with van der Waals surface area (Å²) >= 11 is 0. The van der Waals surface area contributed by atoms with Crippen LogP contribution in [0.25, 0.3) is 0 Å². The van der Waals surface area contributed by atoms with E-state index < -0.39 is 0 Å². The van der Waals surface area contributed by atoms with Gasteiger partial charge in [0.25, 0.3) is 0 Å². The molecule has 1 saturated heterocycles. The molecular formula is C18H27FN2. The zero-order valence-corrected chi connectivity index (χ0v) is 13.4. The van der Waals surface area contributed by atoms with E-state index in [4.69, 9.17) is 0 Å². The van der Waals surface area contributed by atoms with Crippen molar-refractivity contribution in [1.82, 2.24) is 10.2 Å². The molecule has 3 rings (SSSR count). The number of rotatable bonds is 3. The summed E-state index contributed by atoms with van der Waals surface area (Å²) in [5, 5.41) is 3.75. The summed E-state index contributed by atoms with van der Waals surface area (Å²) in [7, 11) is 0. The van der Waals surface area contributed by atoms with E-state index in [0.29, 0.717) is 12.1 Å². The summed E-state index contributed by atoms with van der Waals surface area (Å²) in [6.45, 7) is 9.88. The highest BCUT2D eigenvalue weighted by molar-refractivity contribution is 5.17. The Hall–Kier alpha value is -0.930.